The van der Waals surface area contributed by atoms with Gasteiger partial charge in [-0.05, 0) is 31.0 Å². The Labute approximate surface area is 128 Å². The van der Waals surface area contributed by atoms with Crippen LogP contribution >= 0.6 is 0 Å². The normalized spacial score (nSPS) is 20.5. The second kappa shape index (κ2) is 6.25. The van der Waals surface area contributed by atoms with Crippen molar-refractivity contribution in [3.63, 3.8) is 0 Å². The third kappa shape index (κ3) is 3.00. The first-order chi connectivity index (χ1) is 10.6. The number of carboxylic acids is 1. The summed E-state index contributed by atoms with van der Waals surface area (Å²) in [6.07, 6.45) is 2.39. The summed E-state index contributed by atoms with van der Waals surface area (Å²) in [7, 11) is 0. The van der Waals surface area contributed by atoms with Crippen molar-refractivity contribution in [3.8, 4) is 11.5 Å². The highest BCUT2D eigenvalue weighted by molar-refractivity contribution is 5.95. The molecule has 1 aromatic rings. The third-order valence-corrected chi connectivity index (χ3v) is 4.04. The molecule has 0 aromatic heterocycles. The predicted molar refractivity (Wildman–Crippen MR) is 78.4 cm³/mol. The number of hydrogen-bond donors (Lipinski definition) is 1. The molecule has 2 aliphatic heterocycles. The lowest BCUT2D eigenvalue weighted by molar-refractivity contribution is -0.137. The molecule has 1 unspecified atom stereocenters. The Morgan fingerprint density at radius 3 is 2.73 bits per heavy atom. The van der Waals surface area contributed by atoms with Crippen molar-refractivity contribution in [1.82, 2.24) is 4.90 Å². The molecular formula is C16H19NO5. The van der Waals surface area contributed by atoms with E-state index < -0.39 is 5.97 Å². The molecule has 3 rings (SSSR count). The molecule has 1 aromatic carbocycles. The van der Waals surface area contributed by atoms with Gasteiger partial charge in [0.25, 0.3) is 5.91 Å². The fourth-order valence-electron chi connectivity index (χ4n) is 2.98. The Morgan fingerprint density at radius 2 is 1.95 bits per heavy atom. The number of nitrogens with zero attached hydrogens (tertiary/aromatic N) is 1. The van der Waals surface area contributed by atoms with Gasteiger partial charge in [0.05, 0.1) is 19.6 Å². The van der Waals surface area contributed by atoms with Gasteiger partial charge in [-0.1, -0.05) is 0 Å². The van der Waals surface area contributed by atoms with E-state index in [1.54, 1.807) is 23.1 Å². The van der Waals surface area contributed by atoms with Crippen LogP contribution in [0.1, 0.15) is 36.0 Å². The number of ether oxygens (including phenoxy) is 2. The quantitative estimate of drug-likeness (QED) is 0.923. The summed E-state index contributed by atoms with van der Waals surface area (Å²) in [6, 6.07) is 4.93. The van der Waals surface area contributed by atoms with Crippen LogP contribution < -0.4 is 9.47 Å². The Hall–Kier alpha value is -2.24. The number of carbonyl (C=O) groups is 2. The molecular weight excluding hydrogens is 286 g/mol. The minimum atomic E-state index is -0.872. The number of carbonyl (C=O) groups excluding carboxylic acids is 1. The van der Waals surface area contributed by atoms with E-state index in [1.807, 2.05) is 0 Å². The molecule has 1 atom stereocenters. The molecule has 22 heavy (non-hydrogen) atoms. The van der Waals surface area contributed by atoms with E-state index in [9.17, 15) is 9.59 Å². The predicted octanol–water partition coefficient (Wildman–Crippen LogP) is 1.93. The van der Waals surface area contributed by atoms with Crippen LogP contribution in [0.5, 0.6) is 11.5 Å². The summed E-state index contributed by atoms with van der Waals surface area (Å²) in [4.78, 5) is 25.2. The Bertz CT molecular complexity index is 586. The maximum absolute atomic E-state index is 12.6. The second-order valence-corrected chi connectivity index (χ2v) is 5.60. The zero-order chi connectivity index (χ0) is 15.5. The molecule has 1 amide bonds. The standard InChI is InChI=1S/C16H19NO5/c18-15(19)10-12-3-1-6-17(12)16(20)11-4-5-13-14(9-11)22-8-2-7-21-13/h4-5,9,12H,1-3,6-8,10H2,(H,18,19). The molecule has 0 spiro atoms. The van der Waals surface area contributed by atoms with Crippen LogP contribution in [-0.2, 0) is 4.79 Å². The third-order valence-electron chi connectivity index (χ3n) is 4.04. The monoisotopic (exact) mass is 305 g/mol. The molecule has 0 radical (unpaired) electrons. The number of aliphatic carboxylic acids is 1. The maximum atomic E-state index is 12.6. The van der Waals surface area contributed by atoms with Crippen molar-refractivity contribution >= 4 is 11.9 Å². The van der Waals surface area contributed by atoms with Crippen LogP contribution in [0.25, 0.3) is 0 Å². The van der Waals surface area contributed by atoms with Gasteiger partial charge in [-0.2, -0.15) is 0 Å². The molecule has 1 saturated heterocycles. The Kier molecular flexibility index (Phi) is 4.18. The topological polar surface area (TPSA) is 76.1 Å². The second-order valence-electron chi connectivity index (χ2n) is 5.60. The molecule has 0 aliphatic carbocycles. The summed E-state index contributed by atoms with van der Waals surface area (Å²) in [5, 5.41) is 8.96. The number of likely N-dealkylation sites (tertiary alicyclic amines) is 1. The van der Waals surface area contributed by atoms with Gasteiger partial charge in [0.2, 0.25) is 0 Å². The van der Waals surface area contributed by atoms with Crippen molar-refractivity contribution in [2.45, 2.75) is 31.7 Å². The molecule has 0 saturated carbocycles. The average Bonchev–Trinajstić information content (AvgIpc) is 2.81. The van der Waals surface area contributed by atoms with Crippen molar-refractivity contribution in [2.24, 2.45) is 0 Å². The van der Waals surface area contributed by atoms with E-state index in [2.05, 4.69) is 0 Å². The number of hydrogen-bond acceptors (Lipinski definition) is 4. The number of fused-ring (bicyclic) bond motifs is 1. The van der Waals surface area contributed by atoms with Crippen LogP contribution in [0.4, 0.5) is 0 Å². The lowest BCUT2D eigenvalue weighted by atomic mass is 10.1. The van der Waals surface area contributed by atoms with Gasteiger partial charge in [0.1, 0.15) is 0 Å². The van der Waals surface area contributed by atoms with Crippen molar-refractivity contribution < 1.29 is 24.2 Å². The molecule has 2 heterocycles. The summed E-state index contributed by atoms with van der Waals surface area (Å²) < 4.78 is 11.2. The average molecular weight is 305 g/mol. The van der Waals surface area contributed by atoms with Crippen molar-refractivity contribution in [3.05, 3.63) is 23.8 Å². The lowest BCUT2D eigenvalue weighted by Gasteiger charge is -2.23. The Balaban J connectivity index is 1.79. The van der Waals surface area contributed by atoms with Crippen LogP contribution in [0, 0.1) is 0 Å². The van der Waals surface area contributed by atoms with Crippen molar-refractivity contribution in [1.29, 1.82) is 0 Å². The van der Waals surface area contributed by atoms with Crippen molar-refractivity contribution in [2.75, 3.05) is 19.8 Å². The molecule has 118 valence electrons. The summed E-state index contributed by atoms with van der Waals surface area (Å²) >= 11 is 0. The summed E-state index contributed by atoms with van der Waals surface area (Å²) in [6.45, 7) is 1.77. The molecule has 6 heteroatoms. The lowest BCUT2D eigenvalue weighted by Crippen LogP contribution is -2.36. The highest BCUT2D eigenvalue weighted by atomic mass is 16.5. The number of rotatable bonds is 3. The van der Waals surface area contributed by atoms with E-state index in [4.69, 9.17) is 14.6 Å². The fraction of sp³-hybridized carbons (Fsp3) is 0.500. The zero-order valence-corrected chi connectivity index (χ0v) is 12.3. The van der Waals surface area contributed by atoms with Gasteiger partial charge >= 0.3 is 5.97 Å². The van der Waals surface area contributed by atoms with Crippen LogP contribution in [0.3, 0.4) is 0 Å². The van der Waals surface area contributed by atoms with Gasteiger partial charge in [-0.25, -0.2) is 0 Å². The van der Waals surface area contributed by atoms with E-state index in [1.165, 1.54) is 0 Å². The summed E-state index contributed by atoms with van der Waals surface area (Å²) in [5.74, 6) is 0.220. The van der Waals surface area contributed by atoms with E-state index in [-0.39, 0.29) is 18.4 Å². The van der Waals surface area contributed by atoms with Crippen LogP contribution in [-0.4, -0.2) is 47.7 Å². The van der Waals surface area contributed by atoms with E-state index >= 15 is 0 Å². The fourth-order valence-corrected chi connectivity index (χ4v) is 2.98. The molecule has 6 nitrogen and oxygen atoms in total. The van der Waals surface area contributed by atoms with E-state index in [0.29, 0.717) is 36.8 Å². The number of amides is 1. The number of benzene rings is 1. The highest BCUT2D eigenvalue weighted by Gasteiger charge is 2.31. The number of carboxylic acid groups (broad SMARTS) is 1. The van der Waals surface area contributed by atoms with Crippen LogP contribution in [0.15, 0.2) is 18.2 Å². The molecule has 1 fully saturated rings. The Morgan fingerprint density at radius 1 is 1.18 bits per heavy atom. The van der Waals surface area contributed by atoms with Gasteiger partial charge in [-0.15, -0.1) is 0 Å². The first-order valence-electron chi connectivity index (χ1n) is 7.57. The van der Waals surface area contributed by atoms with Gasteiger partial charge in [-0.3, -0.25) is 9.59 Å². The largest absolute Gasteiger partial charge is 0.490 e. The SMILES string of the molecule is O=C(O)CC1CCCN1C(=O)c1ccc2c(c1)OCCCO2. The maximum Gasteiger partial charge on any atom is 0.305 e. The minimum Gasteiger partial charge on any atom is -0.490 e. The van der Waals surface area contributed by atoms with Gasteiger partial charge in [0, 0.05) is 24.6 Å². The van der Waals surface area contributed by atoms with Crippen LogP contribution in [0.2, 0.25) is 0 Å². The molecule has 0 bridgehead atoms. The zero-order valence-electron chi connectivity index (χ0n) is 12.3. The van der Waals surface area contributed by atoms with Gasteiger partial charge in [0.15, 0.2) is 11.5 Å². The summed E-state index contributed by atoms with van der Waals surface area (Å²) in [5.41, 5.74) is 0.515. The molecule has 2 aliphatic rings. The molecule has 1 N–H and O–H groups in total. The smallest absolute Gasteiger partial charge is 0.305 e. The van der Waals surface area contributed by atoms with E-state index in [0.717, 1.165) is 19.3 Å². The van der Waals surface area contributed by atoms with Gasteiger partial charge < -0.3 is 19.5 Å². The minimum absolute atomic E-state index is 0.00368. The highest BCUT2D eigenvalue weighted by Crippen LogP contribution is 2.32. The first-order valence-corrected chi connectivity index (χ1v) is 7.57. The first kappa shape index (κ1) is 14.7.